The topological polar surface area (TPSA) is 46.6 Å². The molecule has 1 aromatic carbocycles. The molecule has 0 aliphatic carbocycles. The monoisotopic (exact) mass is 303 g/mol. The Hall–Kier alpha value is -1.68. The van der Waals surface area contributed by atoms with Crippen LogP contribution in [0.3, 0.4) is 0 Å². The highest BCUT2D eigenvalue weighted by atomic mass is 16.7. The highest BCUT2D eigenvalue weighted by Crippen LogP contribution is 2.39. The average Bonchev–Trinajstić information content (AvgIpc) is 2.43. The Labute approximate surface area is 132 Å². The Morgan fingerprint density at radius 2 is 1.82 bits per heavy atom. The molecule has 0 bridgehead atoms. The average molecular weight is 303 g/mol. The summed E-state index contributed by atoms with van der Waals surface area (Å²) in [6, 6.07) is 7.83. The summed E-state index contributed by atoms with van der Waals surface area (Å²) in [6.45, 7) is 9.29. The highest BCUT2D eigenvalue weighted by molar-refractivity contribution is 5.83. The third kappa shape index (κ3) is 3.22. The second kappa shape index (κ2) is 6.61. The van der Waals surface area contributed by atoms with E-state index in [1.54, 1.807) is 18.9 Å². The minimum atomic E-state index is -0.900. The van der Waals surface area contributed by atoms with Gasteiger partial charge in [0.25, 0.3) is 0 Å². The van der Waals surface area contributed by atoms with Crippen LogP contribution in [0.5, 0.6) is 0 Å². The maximum Gasteiger partial charge on any atom is 0.331 e. The third-order valence-electron chi connectivity index (χ3n) is 4.42. The van der Waals surface area contributed by atoms with E-state index in [1.165, 1.54) is 0 Å². The molecule has 0 spiro atoms. The Morgan fingerprint density at radius 1 is 1.23 bits per heavy atom. The van der Waals surface area contributed by atoms with Gasteiger partial charge in [-0.25, -0.2) is 4.79 Å². The van der Waals surface area contributed by atoms with Crippen LogP contribution >= 0.6 is 0 Å². The predicted molar refractivity (Wildman–Crippen MR) is 85.4 cm³/mol. The Kier molecular flexibility index (Phi) is 5.01. The van der Waals surface area contributed by atoms with Crippen LogP contribution in [0.2, 0.25) is 0 Å². The van der Waals surface area contributed by atoms with Crippen molar-refractivity contribution < 1.29 is 14.4 Å². The molecular weight excluding hydrogens is 278 g/mol. The lowest BCUT2D eigenvalue weighted by molar-refractivity contribution is -0.218. The van der Waals surface area contributed by atoms with Gasteiger partial charge in [0.15, 0.2) is 0 Å². The summed E-state index contributed by atoms with van der Waals surface area (Å²) in [5.41, 5.74) is 1.12. The molecule has 1 saturated heterocycles. The quantitative estimate of drug-likeness (QED) is 0.757. The van der Waals surface area contributed by atoms with E-state index in [0.29, 0.717) is 5.92 Å². The minimum absolute atomic E-state index is 0.292. The maximum atomic E-state index is 12.5. The van der Waals surface area contributed by atoms with E-state index in [9.17, 15) is 9.59 Å². The molecule has 0 aromatic heterocycles. The van der Waals surface area contributed by atoms with Crippen LogP contribution in [0, 0.1) is 5.41 Å². The van der Waals surface area contributed by atoms with Gasteiger partial charge in [-0.3, -0.25) is 0 Å². The van der Waals surface area contributed by atoms with E-state index < -0.39 is 11.3 Å². The summed E-state index contributed by atoms with van der Waals surface area (Å²) < 4.78 is 0. The van der Waals surface area contributed by atoms with Crippen molar-refractivity contribution in [2.24, 2.45) is 5.41 Å². The van der Waals surface area contributed by atoms with Gasteiger partial charge in [0, 0.05) is 13.1 Å². The van der Waals surface area contributed by atoms with Crippen molar-refractivity contribution in [3.8, 4) is 0 Å². The molecule has 0 radical (unpaired) electrons. The maximum absolute atomic E-state index is 12.5. The second-order valence-corrected chi connectivity index (χ2v) is 6.78. The smallest absolute Gasteiger partial charge is 0.331 e. The van der Waals surface area contributed by atoms with Crippen LogP contribution < -0.4 is 0 Å². The predicted octanol–water partition coefficient (Wildman–Crippen LogP) is 3.28. The van der Waals surface area contributed by atoms with Crippen molar-refractivity contribution in [1.82, 2.24) is 5.06 Å². The van der Waals surface area contributed by atoms with Gasteiger partial charge in [-0.1, -0.05) is 38.1 Å². The number of nitrogens with zero attached hydrogens (tertiary/aromatic N) is 1. The Morgan fingerprint density at radius 3 is 2.27 bits per heavy atom. The van der Waals surface area contributed by atoms with Crippen molar-refractivity contribution in [2.75, 3.05) is 13.1 Å². The van der Waals surface area contributed by atoms with Gasteiger partial charge in [0.2, 0.25) is 0 Å². The molecule has 1 aromatic rings. The van der Waals surface area contributed by atoms with Gasteiger partial charge < -0.3 is 9.63 Å². The lowest BCUT2D eigenvalue weighted by Gasteiger charge is -2.35. The third-order valence-corrected chi connectivity index (χ3v) is 4.42. The molecule has 1 atom stereocenters. The lowest BCUT2D eigenvalue weighted by atomic mass is 9.73. The number of aldehydes is 1. The number of hydroxylamine groups is 2. The molecule has 1 heterocycles. The minimum Gasteiger partial charge on any atom is -0.367 e. The first kappa shape index (κ1) is 16.7. The molecule has 0 saturated carbocycles. The van der Waals surface area contributed by atoms with E-state index in [4.69, 9.17) is 4.84 Å². The van der Waals surface area contributed by atoms with Crippen LogP contribution in [0.25, 0.3) is 0 Å². The van der Waals surface area contributed by atoms with Gasteiger partial charge in [-0.2, -0.15) is 0 Å². The van der Waals surface area contributed by atoms with Gasteiger partial charge in [-0.05, 0) is 37.3 Å². The number of hydrogen-bond acceptors (Lipinski definition) is 4. The van der Waals surface area contributed by atoms with Gasteiger partial charge in [0.05, 0.1) is 11.3 Å². The van der Waals surface area contributed by atoms with E-state index in [1.807, 2.05) is 24.3 Å². The molecule has 22 heavy (non-hydrogen) atoms. The van der Waals surface area contributed by atoms with Crippen LogP contribution in [-0.2, 0) is 14.4 Å². The summed E-state index contributed by atoms with van der Waals surface area (Å²) in [4.78, 5) is 29.7. The fraction of sp³-hybridized carbons (Fsp3) is 0.556. The van der Waals surface area contributed by atoms with E-state index in [2.05, 4.69) is 13.8 Å². The van der Waals surface area contributed by atoms with Gasteiger partial charge >= 0.3 is 5.97 Å². The van der Waals surface area contributed by atoms with E-state index in [-0.39, 0.29) is 5.97 Å². The molecule has 1 aliphatic rings. The SMILES string of the molecule is CC(C)c1ccccc1C(C=O)C(C)(C)C(=O)ON1CCC1. The van der Waals surface area contributed by atoms with Crippen molar-refractivity contribution in [3.63, 3.8) is 0 Å². The molecule has 4 nitrogen and oxygen atoms in total. The molecule has 120 valence electrons. The Bertz CT molecular complexity index is 547. The number of hydrogen-bond donors (Lipinski definition) is 0. The zero-order valence-corrected chi connectivity index (χ0v) is 13.8. The highest BCUT2D eigenvalue weighted by Gasteiger charge is 2.41. The summed E-state index contributed by atoms with van der Waals surface area (Å²) in [5.74, 6) is -0.566. The fourth-order valence-corrected chi connectivity index (χ4v) is 2.69. The fourth-order valence-electron chi connectivity index (χ4n) is 2.69. The van der Waals surface area contributed by atoms with Crippen molar-refractivity contribution in [3.05, 3.63) is 35.4 Å². The first-order valence-corrected chi connectivity index (χ1v) is 7.89. The summed E-state index contributed by atoms with van der Waals surface area (Å²) >= 11 is 0. The zero-order chi connectivity index (χ0) is 16.3. The first-order chi connectivity index (χ1) is 10.4. The first-order valence-electron chi connectivity index (χ1n) is 7.89. The molecular formula is C18H25NO3. The Balaban J connectivity index is 2.29. The van der Waals surface area contributed by atoms with Gasteiger partial charge in [0.1, 0.15) is 6.29 Å². The standard InChI is InChI=1S/C18H25NO3/c1-13(2)14-8-5-6-9-15(14)16(12-20)18(3,4)17(21)22-19-10-7-11-19/h5-6,8-9,12-13,16H,7,10-11H2,1-4H3. The van der Waals surface area contributed by atoms with Crippen molar-refractivity contribution >= 4 is 12.3 Å². The number of rotatable bonds is 6. The second-order valence-electron chi connectivity index (χ2n) is 6.78. The lowest BCUT2D eigenvalue weighted by Crippen LogP contribution is -2.44. The summed E-state index contributed by atoms with van der Waals surface area (Å²) in [5, 5.41) is 1.65. The van der Waals surface area contributed by atoms with E-state index >= 15 is 0 Å². The van der Waals surface area contributed by atoms with Crippen LogP contribution in [-0.4, -0.2) is 30.4 Å². The number of carbonyl (C=O) groups is 2. The van der Waals surface area contributed by atoms with Crippen LogP contribution in [0.4, 0.5) is 0 Å². The summed E-state index contributed by atoms with van der Waals surface area (Å²) in [7, 11) is 0. The molecule has 4 heteroatoms. The molecule has 1 fully saturated rings. The molecule has 2 rings (SSSR count). The van der Waals surface area contributed by atoms with Crippen molar-refractivity contribution in [1.29, 1.82) is 0 Å². The molecule has 0 N–H and O–H groups in total. The van der Waals surface area contributed by atoms with Crippen LogP contribution in [0.1, 0.15) is 57.1 Å². The normalized spacial score (nSPS) is 17.0. The van der Waals surface area contributed by atoms with E-state index in [0.717, 1.165) is 36.9 Å². The summed E-state index contributed by atoms with van der Waals surface area (Å²) in [6.07, 6.45) is 1.92. The zero-order valence-electron chi connectivity index (χ0n) is 13.8. The number of carbonyl (C=O) groups excluding carboxylic acids is 2. The van der Waals surface area contributed by atoms with Crippen molar-refractivity contribution in [2.45, 2.75) is 46.0 Å². The molecule has 1 aliphatic heterocycles. The van der Waals surface area contributed by atoms with Gasteiger partial charge in [-0.15, -0.1) is 5.06 Å². The van der Waals surface area contributed by atoms with Crippen LogP contribution in [0.15, 0.2) is 24.3 Å². The largest absolute Gasteiger partial charge is 0.367 e. The molecule has 0 amide bonds. The number of benzene rings is 1. The molecule has 1 unspecified atom stereocenters.